The molecule has 0 spiro atoms. The third kappa shape index (κ3) is 3.59. The Hall–Kier alpha value is -0.835. The van der Waals surface area contributed by atoms with Gasteiger partial charge in [-0.15, -0.1) is 0 Å². The second-order valence-electron chi connectivity index (χ2n) is 2.92. The summed E-state index contributed by atoms with van der Waals surface area (Å²) in [6.45, 7) is 2.02. The van der Waals surface area contributed by atoms with Gasteiger partial charge in [-0.2, -0.15) is 0 Å². The molecular formula is C9H13BO3. The number of hydrogen-bond donors (Lipinski definition) is 2. The zero-order valence-corrected chi connectivity index (χ0v) is 7.55. The highest BCUT2D eigenvalue weighted by atomic mass is 16.5. The van der Waals surface area contributed by atoms with Crippen LogP contribution in [0.4, 0.5) is 0 Å². The van der Waals surface area contributed by atoms with Crippen molar-refractivity contribution < 1.29 is 14.8 Å². The SMILES string of the molecule is C[C@H](OCc1ccccc1)B(O)O. The molecule has 1 rings (SSSR count). The molecule has 2 N–H and O–H groups in total. The van der Waals surface area contributed by atoms with Gasteiger partial charge in [-0.25, -0.2) is 0 Å². The summed E-state index contributed by atoms with van der Waals surface area (Å²) in [6, 6.07) is 9.05. The van der Waals surface area contributed by atoms with Crippen LogP contribution in [0.2, 0.25) is 0 Å². The van der Waals surface area contributed by atoms with Gasteiger partial charge in [0.1, 0.15) is 0 Å². The molecule has 0 amide bonds. The number of ether oxygens (including phenoxy) is 1. The van der Waals surface area contributed by atoms with E-state index < -0.39 is 13.1 Å². The third-order valence-electron chi connectivity index (χ3n) is 1.78. The molecule has 0 aliphatic rings. The van der Waals surface area contributed by atoms with Gasteiger partial charge < -0.3 is 14.8 Å². The molecular weight excluding hydrogens is 167 g/mol. The molecule has 0 aromatic heterocycles. The van der Waals surface area contributed by atoms with Crippen molar-refractivity contribution in [3.63, 3.8) is 0 Å². The first kappa shape index (κ1) is 10.2. The Morgan fingerprint density at radius 3 is 2.46 bits per heavy atom. The molecule has 0 saturated carbocycles. The van der Waals surface area contributed by atoms with Gasteiger partial charge in [0.2, 0.25) is 0 Å². The fourth-order valence-electron chi connectivity index (χ4n) is 0.888. The highest BCUT2D eigenvalue weighted by molar-refractivity contribution is 6.42. The topological polar surface area (TPSA) is 49.7 Å². The molecule has 1 aromatic carbocycles. The normalized spacial score (nSPS) is 12.5. The first-order valence-electron chi connectivity index (χ1n) is 4.22. The lowest BCUT2D eigenvalue weighted by Crippen LogP contribution is -2.30. The van der Waals surface area contributed by atoms with E-state index in [1.54, 1.807) is 6.92 Å². The summed E-state index contributed by atoms with van der Waals surface area (Å²) in [5.74, 6) is 0. The summed E-state index contributed by atoms with van der Waals surface area (Å²) in [7, 11) is -1.41. The lowest BCUT2D eigenvalue weighted by atomic mass is 9.84. The van der Waals surface area contributed by atoms with Crippen molar-refractivity contribution in [2.75, 3.05) is 0 Å². The second-order valence-corrected chi connectivity index (χ2v) is 2.92. The van der Waals surface area contributed by atoms with E-state index in [0.717, 1.165) is 5.56 Å². The fraction of sp³-hybridized carbons (Fsp3) is 0.333. The first-order valence-corrected chi connectivity index (χ1v) is 4.22. The Kier molecular flexibility index (Phi) is 3.95. The van der Waals surface area contributed by atoms with Crippen molar-refractivity contribution >= 4 is 7.12 Å². The van der Waals surface area contributed by atoms with Crippen molar-refractivity contribution in [1.29, 1.82) is 0 Å². The standard InChI is InChI=1S/C9H13BO3/c1-8(10(11)12)13-7-9-5-3-2-4-6-9/h2-6,8,11-12H,7H2,1H3/t8-/m0/s1. The van der Waals surface area contributed by atoms with E-state index >= 15 is 0 Å². The quantitative estimate of drug-likeness (QED) is 0.667. The summed E-state index contributed by atoms with van der Waals surface area (Å²) in [5.41, 5.74) is 1.02. The van der Waals surface area contributed by atoms with E-state index in [0.29, 0.717) is 6.61 Å². The Morgan fingerprint density at radius 1 is 1.31 bits per heavy atom. The smallest absolute Gasteiger partial charge is 0.425 e. The molecule has 1 aromatic rings. The third-order valence-corrected chi connectivity index (χ3v) is 1.78. The van der Waals surface area contributed by atoms with Crippen molar-refractivity contribution in [3.8, 4) is 0 Å². The van der Waals surface area contributed by atoms with Gasteiger partial charge in [-0.05, 0) is 12.5 Å². The van der Waals surface area contributed by atoms with Crippen molar-refractivity contribution in [2.24, 2.45) is 0 Å². The summed E-state index contributed by atoms with van der Waals surface area (Å²) >= 11 is 0. The molecule has 4 heteroatoms. The summed E-state index contributed by atoms with van der Waals surface area (Å²) in [4.78, 5) is 0. The van der Waals surface area contributed by atoms with Crippen LogP contribution in [0.1, 0.15) is 12.5 Å². The monoisotopic (exact) mass is 180 g/mol. The molecule has 13 heavy (non-hydrogen) atoms. The lowest BCUT2D eigenvalue weighted by Gasteiger charge is -2.11. The van der Waals surface area contributed by atoms with E-state index in [9.17, 15) is 0 Å². The number of rotatable bonds is 4. The van der Waals surface area contributed by atoms with Gasteiger partial charge in [0.15, 0.2) is 0 Å². The van der Waals surface area contributed by atoms with Crippen LogP contribution >= 0.6 is 0 Å². The molecule has 1 atom stereocenters. The first-order chi connectivity index (χ1) is 6.20. The maximum atomic E-state index is 8.73. The number of benzene rings is 1. The Balaban J connectivity index is 2.35. The highest BCUT2D eigenvalue weighted by Crippen LogP contribution is 2.03. The van der Waals surface area contributed by atoms with E-state index in [2.05, 4.69) is 0 Å². The molecule has 0 bridgehead atoms. The Bertz CT molecular complexity index is 238. The molecule has 3 nitrogen and oxygen atoms in total. The van der Waals surface area contributed by atoms with Crippen LogP contribution in [0.3, 0.4) is 0 Å². The van der Waals surface area contributed by atoms with E-state index in [4.69, 9.17) is 14.8 Å². The van der Waals surface area contributed by atoms with Crippen molar-refractivity contribution in [2.45, 2.75) is 19.5 Å². The minimum absolute atomic E-state index is 0.402. The van der Waals surface area contributed by atoms with Crippen LogP contribution in [0, 0.1) is 0 Å². The van der Waals surface area contributed by atoms with Crippen LogP contribution in [0.25, 0.3) is 0 Å². The molecule has 70 valence electrons. The average molecular weight is 180 g/mol. The van der Waals surface area contributed by atoms with Gasteiger partial charge in [-0.1, -0.05) is 30.3 Å². The molecule has 0 aliphatic carbocycles. The largest absolute Gasteiger partial charge is 0.482 e. The predicted octanol–water partition coefficient (Wildman–Crippen LogP) is 0.604. The van der Waals surface area contributed by atoms with Gasteiger partial charge in [-0.3, -0.25) is 0 Å². The minimum Gasteiger partial charge on any atom is -0.425 e. The van der Waals surface area contributed by atoms with Gasteiger partial charge >= 0.3 is 7.12 Å². The molecule has 0 aliphatic heterocycles. The second kappa shape index (κ2) is 5.02. The Labute approximate surface area is 78.1 Å². The maximum Gasteiger partial charge on any atom is 0.482 e. The minimum atomic E-state index is -1.41. The molecule has 0 radical (unpaired) electrons. The summed E-state index contributed by atoms with van der Waals surface area (Å²) < 4.78 is 5.19. The molecule has 0 fully saturated rings. The van der Waals surface area contributed by atoms with E-state index in [-0.39, 0.29) is 0 Å². The zero-order valence-electron chi connectivity index (χ0n) is 7.55. The summed E-state index contributed by atoms with van der Waals surface area (Å²) in [5, 5.41) is 17.5. The van der Waals surface area contributed by atoms with Gasteiger partial charge in [0, 0.05) is 0 Å². The van der Waals surface area contributed by atoms with Crippen LogP contribution in [0.15, 0.2) is 30.3 Å². The highest BCUT2D eigenvalue weighted by Gasteiger charge is 2.18. The fourth-order valence-corrected chi connectivity index (χ4v) is 0.888. The Morgan fingerprint density at radius 2 is 1.92 bits per heavy atom. The van der Waals surface area contributed by atoms with E-state index in [1.165, 1.54) is 0 Å². The van der Waals surface area contributed by atoms with Crippen LogP contribution in [0.5, 0.6) is 0 Å². The molecule has 0 unspecified atom stereocenters. The zero-order chi connectivity index (χ0) is 9.68. The lowest BCUT2D eigenvalue weighted by molar-refractivity contribution is 0.0791. The summed E-state index contributed by atoms with van der Waals surface area (Å²) in [6.07, 6.45) is 0. The molecule has 0 heterocycles. The average Bonchev–Trinajstić information content (AvgIpc) is 2.15. The predicted molar refractivity (Wildman–Crippen MR) is 50.9 cm³/mol. The molecule has 0 saturated heterocycles. The van der Waals surface area contributed by atoms with Gasteiger partial charge in [0.25, 0.3) is 0 Å². The van der Waals surface area contributed by atoms with Crippen molar-refractivity contribution in [1.82, 2.24) is 0 Å². The van der Waals surface area contributed by atoms with E-state index in [1.807, 2.05) is 30.3 Å². The maximum absolute atomic E-state index is 8.73. The van der Waals surface area contributed by atoms with Crippen LogP contribution < -0.4 is 0 Å². The van der Waals surface area contributed by atoms with Gasteiger partial charge in [0.05, 0.1) is 12.6 Å². The van der Waals surface area contributed by atoms with Crippen molar-refractivity contribution in [3.05, 3.63) is 35.9 Å². The number of hydrogen-bond acceptors (Lipinski definition) is 3. The van der Waals surface area contributed by atoms with Crippen LogP contribution in [-0.2, 0) is 11.3 Å². The van der Waals surface area contributed by atoms with Crippen LogP contribution in [-0.4, -0.2) is 23.2 Å².